The van der Waals surface area contributed by atoms with Gasteiger partial charge in [-0.2, -0.15) is 0 Å². The molecule has 1 fully saturated rings. The molecule has 98 valence electrons. The van der Waals surface area contributed by atoms with Crippen LogP contribution in [0.25, 0.3) is 0 Å². The molecule has 1 unspecified atom stereocenters. The standard InChI is InChI=1S/C13H18N2O3/c1-13(7-4-8-14-10-13)18-9-11-5-2-3-6-12(11)15(16)17/h2-3,5-6,14H,4,7-10H2,1H3. The van der Waals surface area contributed by atoms with Gasteiger partial charge in [0, 0.05) is 12.6 Å². The number of hydrogen-bond acceptors (Lipinski definition) is 4. The Hall–Kier alpha value is -1.46. The Morgan fingerprint density at radius 2 is 2.28 bits per heavy atom. The first kappa shape index (κ1) is 13.0. The number of ether oxygens (including phenoxy) is 1. The van der Waals surface area contributed by atoms with Crippen molar-refractivity contribution in [3.63, 3.8) is 0 Å². The first-order valence-electron chi connectivity index (χ1n) is 6.18. The van der Waals surface area contributed by atoms with E-state index in [1.807, 2.05) is 6.92 Å². The van der Waals surface area contributed by atoms with Crippen LogP contribution in [0.4, 0.5) is 5.69 Å². The Labute approximate surface area is 106 Å². The van der Waals surface area contributed by atoms with Gasteiger partial charge < -0.3 is 10.1 Å². The van der Waals surface area contributed by atoms with Gasteiger partial charge in [-0.1, -0.05) is 12.1 Å². The van der Waals surface area contributed by atoms with Gasteiger partial charge in [-0.25, -0.2) is 0 Å². The highest BCUT2D eigenvalue weighted by atomic mass is 16.6. The van der Waals surface area contributed by atoms with E-state index >= 15 is 0 Å². The molecule has 5 heteroatoms. The molecule has 1 heterocycles. The first-order chi connectivity index (χ1) is 8.61. The van der Waals surface area contributed by atoms with Crippen molar-refractivity contribution in [1.29, 1.82) is 0 Å². The number of benzene rings is 1. The van der Waals surface area contributed by atoms with Crippen LogP contribution >= 0.6 is 0 Å². The van der Waals surface area contributed by atoms with Crippen LogP contribution in [-0.2, 0) is 11.3 Å². The molecule has 5 nitrogen and oxygen atoms in total. The molecule has 0 bridgehead atoms. The smallest absolute Gasteiger partial charge is 0.274 e. The molecule has 1 aliphatic rings. The average Bonchev–Trinajstić information content (AvgIpc) is 2.38. The minimum Gasteiger partial charge on any atom is -0.369 e. The minimum absolute atomic E-state index is 0.130. The molecular weight excluding hydrogens is 232 g/mol. The molecule has 1 aliphatic heterocycles. The van der Waals surface area contributed by atoms with Crippen LogP contribution in [0.1, 0.15) is 25.3 Å². The van der Waals surface area contributed by atoms with Crippen LogP contribution in [0.3, 0.4) is 0 Å². The summed E-state index contributed by atoms with van der Waals surface area (Å²) in [6, 6.07) is 6.73. The highest BCUT2D eigenvalue weighted by Gasteiger charge is 2.28. The van der Waals surface area contributed by atoms with E-state index in [1.165, 1.54) is 6.07 Å². The van der Waals surface area contributed by atoms with Crippen molar-refractivity contribution in [2.75, 3.05) is 13.1 Å². The van der Waals surface area contributed by atoms with Gasteiger partial charge in [0.1, 0.15) is 0 Å². The average molecular weight is 250 g/mol. The molecule has 1 N–H and O–H groups in total. The molecular formula is C13H18N2O3. The number of para-hydroxylation sites is 1. The van der Waals surface area contributed by atoms with Gasteiger partial charge in [-0.05, 0) is 32.4 Å². The summed E-state index contributed by atoms with van der Waals surface area (Å²) in [5.41, 5.74) is 0.543. The summed E-state index contributed by atoms with van der Waals surface area (Å²) in [6.07, 6.45) is 2.06. The number of piperidine rings is 1. The summed E-state index contributed by atoms with van der Waals surface area (Å²) in [5.74, 6) is 0. The number of nitro groups is 1. The monoisotopic (exact) mass is 250 g/mol. The molecule has 0 amide bonds. The summed E-state index contributed by atoms with van der Waals surface area (Å²) < 4.78 is 5.88. The van der Waals surface area contributed by atoms with E-state index < -0.39 is 0 Å². The lowest BCUT2D eigenvalue weighted by molar-refractivity contribution is -0.386. The van der Waals surface area contributed by atoms with Crippen molar-refractivity contribution in [1.82, 2.24) is 5.32 Å². The van der Waals surface area contributed by atoms with Gasteiger partial charge in [-0.3, -0.25) is 10.1 Å². The first-order valence-corrected chi connectivity index (χ1v) is 6.18. The summed E-state index contributed by atoms with van der Waals surface area (Å²) in [5, 5.41) is 14.2. The topological polar surface area (TPSA) is 64.4 Å². The molecule has 1 aromatic rings. The fourth-order valence-electron chi connectivity index (χ4n) is 2.21. The van der Waals surface area contributed by atoms with Crippen molar-refractivity contribution in [3.05, 3.63) is 39.9 Å². The summed E-state index contributed by atoms with van der Waals surface area (Å²) in [6.45, 7) is 4.15. The van der Waals surface area contributed by atoms with Crippen LogP contribution in [0.2, 0.25) is 0 Å². The van der Waals surface area contributed by atoms with E-state index in [4.69, 9.17) is 4.74 Å². The van der Waals surface area contributed by atoms with Crippen molar-refractivity contribution in [2.24, 2.45) is 0 Å². The van der Waals surface area contributed by atoms with Gasteiger partial charge in [0.05, 0.1) is 22.7 Å². The third-order valence-electron chi connectivity index (χ3n) is 3.32. The SMILES string of the molecule is CC1(OCc2ccccc2[N+](=O)[O-])CCCNC1. The Bertz CT molecular complexity index is 428. The lowest BCUT2D eigenvalue weighted by Gasteiger charge is -2.34. The minimum atomic E-state index is -0.361. The molecule has 0 saturated carbocycles. The van der Waals surface area contributed by atoms with Gasteiger partial charge in [0.25, 0.3) is 5.69 Å². The quantitative estimate of drug-likeness (QED) is 0.657. The molecule has 0 aromatic heterocycles. The number of nitrogens with one attached hydrogen (secondary N) is 1. The number of nitrogens with zero attached hydrogens (tertiary/aromatic N) is 1. The maximum Gasteiger partial charge on any atom is 0.274 e. The predicted octanol–water partition coefficient (Wildman–Crippen LogP) is 2.25. The van der Waals surface area contributed by atoms with E-state index in [0.29, 0.717) is 5.56 Å². The lowest BCUT2D eigenvalue weighted by Crippen LogP contribution is -2.45. The number of nitro benzene ring substituents is 1. The molecule has 1 atom stereocenters. The fraction of sp³-hybridized carbons (Fsp3) is 0.538. The van der Waals surface area contributed by atoms with E-state index in [0.717, 1.165) is 25.9 Å². The lowest BCUT2D eigenvalue weighted by atomic mass is 9.96. The normalized spacial score (nSPS) is 23.8. The van der Waals surface area contributed by atoms with Crippen LogP contribution in [-0.4, -0.2) is 23.6 Å². The maximum absolute atomic E-state index is 10.9. The Kier molecular flexibility index (Phi) is 3.93. The largest absolute Gasteiger partial charge is 0.369 e. The molecule has 0 spiro atoms. The zero-order valence-corrected chi connectivity index (χ0v) is 10.5. The second kappa shape index (κ2) is 5.46. The van der Waals surface area contributed by atoms with Crippen molar-refractivity contribution in [2.45, 2.75) is 32.0 Å². The highest BCUT2D eigenvalue weighted by Crippen LogP contribution is 2.25. The van der Waals surface area contributed by atoms with Gasteiger partial charge in [-0.15, -0.1) is 0 Å². The molecule has 0 radical (unpaired) electrons. The fourth-order valence-corrected chi connectivity index (χ4v) is 2.21. The molecule has 1 aromatic carbocycles. The molecule has 0 aliphatic carbocycles. The van der Waals surface area contributed by atoms with Crippen LogP contribution in [0.5, 0.6) is 0 Å². The van der Waals surface area contributed by atoms with Crippen LogP contribution < -0.4 is 5.32 Å². The molecule has 2 rings (SSSR count). The van der Waals surface area contributed by atoms with Gasteiger partial charge in [0.15, 0.2) is 0 Å². The van der Waals surface area contributed by atoms with Crippen molar-refractivity contribution >= 4 is 5.69 Å². The Balaban J connectivity index is 2.03. The Morgan fingerprint density at radius 1 is 1.50 bits per heavy atom. The number of rotatable bonds is 4. The van der Waals surface area contributed by atoms with Gasteiger partial charge >= 0.3 is 0 Å². The Morgan fingerprint density at radius 3 is 2.94 bits per heavy atom. The van der Waals surface area contributed by atoms with Crippen LogP contribution in [0.15, 0.2) is 24.3 Å². The summed E-state index contributed by atoms with van der Waals surface area (Å²) in [7, 11) is 0. The van der Waals surface area contributed by atoms with Crippen molar-refractivity contribution in [3.8, 4) is 0 Å². The van der Waals surface area contributed by atoms with E-state index in [2.05, 4.69) is 5.32 Å². The van der Waals surface area contributed by atoms with Gasteiger partial charge in [0.2, 0.25) is 0 Å². The second-order valence-corrected chi connectivity index (χ2v) is 4.90. The van der Waals surface area contributed by atoms with E-state index in [9.17, 15) is 10.1 Å². The van der Waals surface area contributed by atoms with Crippen LogP contribution in [0, 0.1) is 10.1 Å². The second-order valence-electron chi connectivity index (χ2n) is 4.90. The number of hydrogen-bond donors (Lipinski definition) is 1. The molecule has 18 heavy (non-hydrogen) atoms. The summed E-state index contributed by atoms with van der Waals surface area (Å²) in [4.78, 5) is 10.5. The predicted molar refractivity (Wildman–Crippen MR) is 68.4 cm³/mol. The zero-order valence-electron chi connectivity index (χ0n) is 10.5. The molecule has 1 saturated heterocycles. The highest BCUT2D eigenvalue weighted by molar-refractivity contribution is 5.39. The third-order valence-corrected chi connectivity index (χ3v) is 3.32. The maximum atomic E-state index is 10.9. The van der Waals surface area contributed by atoms with E-state index in [1.54, 1.807) is 18.2 Å². The third kappa shape index (κ3) is 3.05. The zero-order chi connectivity index (χ0) is 13.0. The van der Waals surface area contributed by atoms with Crippen molar-refractivity contribution < 1.29 is 9.66 Å². The van der Waals surface area contributed by atoms with E-state index in [-0.39, 0.29) is 22.8 Å². The summed E-state index contributed by atoms with van der Waals surface area (Å²) >= 11 is 0.